The fourth-order valence-electron chi connectivity index (χ4n) is 3.63. The molecule has 23 heavy (non-hydrogen) atoms. The van der Waals surface area contributed by atoms with Gasteiger partial charge in [-0.05, 0) is 49.9 Å². The summed E-state index contributed by atoms with van der Waals surface area (Å²) in [6.07, 6.45) is 7.58. The Morgan fingerprint density at radius 3 is 2.78 bits per heavy atom. The van der Waals surface area contributed by atoms with Crippen LogP contribution in [0.1, 0.15) is 44.1 Å². The SMILES string of the molecule is Nc1cc(CN2CCC[C@H](S(=O)(=O)NC3CCCC3)C2)ccn1. The summed E-state index contributed by atoms with van der Waals surface area (Å²) in [5.74, 6) is 0.506. The van der Waals surface area contributed by atoms with Crippen molar-refractivity contribution in [3.63, 3.8) is 0 Å². The molecule has 2 heterocycles. The second-order valence-corrected chi connectivity index (χ2v) is 8.72. The standard InChI is InChI=1S/C16H26N4O2S/c17-16-10-13(7-8-18-16)11-20-9-3-6-15(12-20)23(21,22)19-14-4-1-2-5-14/h7-8,10,14-15,19H,1-6,9,11-12H2,(H2,17,18)/t15-/m0/s1. The summed E-state index contributed by atoms with van der Waals surface area (Å²) in [7, 11) is -3.23. The first kappa shape index (κ1) is 16.7. The van der Waals surface area contributed by atoms with E-state index in [9.17, 15) is 8.42 Å². The van der Waals surface area contributed by atoms with Crippen LogP contribution in [0, 0.1) is 0 Å². The number of hydrogen-bond acceptors (Lipinski definition) is 5. The molecule has 0 bridgehead atoms. The monoisotopic (exact) mass is 338 g/mol. The van der Waals surface area contributed by atoms with Crippen molar-refractivity contribution in [3.05, 3.63) is 23.9 Å². The maximum atomic E-state index is 12.6. The molecule has 1 saturated heterocycles. The van der Waals surface area contributed by atoms with Gasteiger partial charge in [0.1, 0.15) is 5.82 Å². The fourth-order valence-corrected chi connectivity index (χ4v) is 5.41. The molecule has 0 radical (unpaired) electrons. The number of pyridine rings is 1. The number of rotatable bonds is 5. The van der Waals surface area contributed by atoms with E-state index in [2.05, 4.69) is 14.6 Å². The van der Waals surface area contributed by atoms with Crippen molar-refractivity contribution < 1.29 is 8.42 Å². The summed E-state index contributed by atoms with van der Waals surface area (Å²) < 4.78 is 28.2. The van der Waals surface area contributed by atoms with E-state index in [1.54, 1.807) is 6.20 Å². The van der Waals surface area contributed by atoms with Crippen molar-refractivity contribution in [2.24, 2.45) is 0 Å². The van der Waals surface area contributed by atoms with Crippen LogP contribution in [0.15, 0.2) is 18.3 Å². The summed E-state index contributed by atoms with van der Waals surface area (Å²) in [5.41, 5.74) is 6.80. The number of aromatic nitrogens is 1. The summed E-state index contributed by atoms with van der Waals surface area (Å²) in [6.45, 7) is 2.24. The molecule has 3 rings (SSSR count). The number of nitrogens with two attached hydrogens (primary N) is 1. The van der Waals surface area contributed by atoms with Gasteiger partial charge >= 0.3 is 0 Å². The van der Waals surface area contributed by atoms with E-state index in [1.165, 1.54) is 0 Å². The van der Waals surface area contributed by atoms with Crippen LogP contribution in [-0.2, 0) is 16.6 Å². The molecular formula is C16H26N4O2S. The van der Waals surface area contributed by atoms with Crippen LogP contribution in [-0.4, -0.2) is 42.7 Å². The topological polar surface area (TPSA) is 88.3 Å². The molecule has 3 N–H and O–H groups in total. The highest BCUT2D eigenvalue weighted by Crippen LogP contribution is 2.23. The summed E-state index contributed by atoms with van der Waals surface area (Å²) in [4.78, 5) is 6.20. The van der Waals surface area contributed by atoms with Gasteiger partial charge in [-0.2, -0.15) is 0 Å². The zero-order chi connectivity index (χ0) is 16.3. The Kier molecular flexibility index (Phi) is 5.18. The van der Waals surface area contributed by atoms with E-state index in [0.717, 1.165) is 57.2 Å². The molecule has 6 nitrogen and oxygen atoms in total. The van der Waals surface area contributed by atoms with Gasteiger partial charge in [0.15, 0.2) is 0 Å². The van der Waals surface area contributed by atoms with Crippen LogP contribution in [0.5, 0.6) is 0 Å². The van der Waals surface area contributed by atoms with Gasteiger partial charge in [0, 0.05) is 25.3 Å². The molecule has 1 aliphatic heterocycles. The quantitative estimate of drug-likeness (QED) is 0.849. The molecule has 2 fully saturated rings. The number of hydrogen-bond donors (Lipinski definition) is 2. The van der Waals surface area contributed by atoms with Gasteiger partial charge < -0.3 is 5.73 Å². The smallest absolute Gasteiger partial charge is 0.215 e. The molecule has 0 unspecified atom stereocenters. The molecule has 1 saturated carbocycles. The van der Waals surface area contributed by atoms with Crippen LogP contribution < -0.4 is 10.5 Å². The lowest BCUT2D eigenvalue weighted by Gasteiger charge is -2.33. The number of piperidine rings is 1. The molecule has 7 heteroatoms. The third-order valence-electron chi connectivity index (χ3n) is 4.84. The first-order valence-corrected chi connectivity index (χ1v) is 10.0. The van der Waals surface area contributed by atoms with Crippen molar-refractivity contribution in [3.8, 4) is 0 Å². The maximum Gasteiger partial charge on any atom is 0.215 e. The summed E-state index contributed by atoms with van der Waals surface area (Å²) in [5, 5.41) is -0.309. The number of nitrogen functional groups attached to an aromatic ring is 1. The molecular weight excluding hydrogens is 312 g/mol. The highest BCUT2D eigenvalue weighted by molar-refractivity contribution is 7.90. The minimum Gasteiger partial charge on any atom is -0.384 e. The van der Waals surface area contributed by atoms with E-state index in [4.69, 9.17) is 5.73 Å². The van der Waals surface area contributed by atoms with Gasteiger partial charge in [-0.3, -0.25) is 4.90 Å². The maximum absolute atomic E-state index is 12.6. The second-order valence-electron chi connectivity index (χ2n) is 6.73. The van der Waals surface area contributed by atoms with E-state index < -0.39 is 10.0 Å². The Hall–Kier alpha value is -1.18. The molecule has 1 aromatic rings. The predicted octanol–water partition coefficient (Wildman–Crippen LogP) is 1.49. The Morgan fingerprint density at radius 1 is 1.26 bits per heavy atom. The van der Waals surface area contributed by atoms with Crippen molar-refractivity contribution >= 4 is 15.8 Å². The van der Waals surface area contributed by atoms with Crippen molar-refractivity contribution in [1.29, 1.82) is 0 Å². The van der Waals surface area contributed by atoms with Gasteiger partial charge in [0.05, 0.1) is 5.25 Å². The summed E-state index contributed by atoms with van der Waals surface area (Å²) >= 11 is 0. The lowest BCUT2D eigenvalue weighted by Crippen LogP contribution is -2.48. The molecule has 1 atom stereocenters. The predicted molar refractivity (Wildman–Crippen MR) is 91.3 cm³/mol. The van der Waals surface area contributed by atoms with Crippen LogP contribution in [0.4, 0.5) is 5.82 Å². The largest absolute Gasteiger partial charge is 0.384 e. The van der Waals surface area contributed by atoms with Crippen LogP contribution >= 0.6 is 0 Å². The Balaban J connectivity index is 1.61. The van der Waals surface area contributed by atoms with Crippen LogP contribution in [0.3, 0.4) is 0 Å². The Morgan fingerprint density at radius 2 is 2.04 bits per heavy atom. The van der Waals surface area contributed by atoms with Gasteiger partial charge in [-0.1, -0.05) is 12.8 Å². The third kappa shape index (κ3) is 4.43. The van der Waals surface area contributed by atoms with Crippen molar-refractivity contribution in [2.45, 2.75) is 56.4 Å². The molecule has 2 aliphatic rings. The summed E-state index contributed by atoms with van der Waals surface area (Å²) in [6, 6.07) is 3.94. The van der Waals surface area contributed by atoms with Gasteiger partial charge in [0.25, 0.3) is 0 Å². The first-order valence-electron chi connectivity index (χ1n) is 8.47. The van der Waals surface area contributed by atoms with Gasteiger partial charge in [0.2, 0.25) is 10.0 Å². The van der Waals surface area contributed by atoms with E-state index in [-0.39, 0.29) is 11.3 Å². The Bertz CT molecular complexity index is 629. The minimum absolute atomic E-state index is 0.148. The molecule has 0 amide bonds. The van der Waals surface area contributed by atoms with E-state index in [0.29, 0.717) is 12.4 Å². The zero-order valence-corrected chi connectivity index (χ0v) is 14.3. The molecule has 0 spiro atoms. The molecule has 0 aromatic carbocycles. The minimum atomic E-state index is -3.23. The molecule has 1 aliphatic carbocycles. The number of nitrogens with one attached hydrogen (secondary N) is 1. The van der Waals surface area contributed by atoms with Crippen LogP contribution in [0.25, 0.3) is 0 Å². The van der Waals surface area contributed by atoms with E-state index >= 15 is 0 Å². The van der Waals surface area contributed by atoms with Gasteiger partial charge in [-0.25, -0.2) is 18.1 Å². The highest BCUT2D eigenvalue weighted by atomic mass is 32.2. The third-order valence-corrected chi connectivity index (χ3v) is 6.76. The van der Waals surface area contributed by atoms with Crippen molar-refractivity contribution in [2.75, 3.05) is 18.8 Å². The lowest BCUT2D eigenvalue weighted by atomic mass is 10.1. The average Bonchev–Trinajstić information content (AvgIpc) is 3.00. The lowest BCUT2D eigenvalue weighted by molar-refractivity contribution is 0.221. The van der Waals surface area contributed by atoms with Gasteiger partial charge in [-0.15, -0.1) is 0 Å². The number of likely N-dealkylation sites (tertiary alicyclic amines) is 1. The Labute approximate surface area is 138 Å². The van der Waals surface area contributed by atoms with Crippen LogP contribution in [0.2, 0.25) is 0 Å². The zero-order valence-electron chi connectivity index (χ0n) is 13.4. The molecule has 128 valence electrons. The average molecular weight is 338 g/mol. The second kappa shape index (κ2) is 7.15. The highest BCUT2D eigenvalue weighted by Gasteiger charge is 2.32. The molecule has 1 aromatic heterocycles. The van der Waals surface area contributed by atoms with Crippen molar-refractivity contribution in [1.82, 2.24) is 14.6 Å². The van der Waals surface area contributed by atoms with E-state index in [1.807, 2.05) is 12.1 Å². The number of anilines is 1. The normalized spacial score (nSPS) is 24.1. The number of sulfonamides is 1. The fraction of sp³-hybridized carbons (Fsp3) is 0.688. The first-order chi connectivity index (χ1) is 11.0. The number of nitrogens with zero attached hydrogens (tertiary/aromatic N) is 2.